The summed E-state index contributed by atoms with van der Waals surface area (Å²) in [5.41, 5.74) is 6.43. The molecular formula is C23H20F2N2O5S. The zero-order chi connectivity index (χ0) is 24.2. The summed E-state index contributed by atoms with van der Waals surface area (Å²) < 4.78 is 54.5. The number of Topliss-reactive ketones (excluding diaryl/α,β-unsaturated/α-hetero) is 1. The van der Waals surface area contributed by atoms with Crippen molar-refractivity contribution in [1.29, 1.82) is 0 Å². The molecule has 0 saturated carbocycles. The number of carbonyl (C=O) groups excluding carboxylic acids is 1. The number of aliphatic carboxylic acids is 1. The van der Waals surface area contributed by atoms with Gasteiger partial charge in [0.05, 0.1) is 10.9 Å². The van der Waals surface area contributed by atoms with Crippen LogP contribution in [0.15, 0.2) is 77.7 Å². The Morgan fingerprint density at radius 2 is 1.61 bits per heavy atom. The average molecular weight is 474 g/mol. The van der Waals surface area contributed by atoms with Gasteiger partial charge >= 0.3 is 5.97 Å². The van der Waals surface area contributed by atoms with Crippen LogP contribution in [-0.2, 0) is 21.2 Å². The molecule has 0 saturated heterocycles. The summed E-state index contributed by atoms with van der Waals surface area (Å²) in [5, 5.41) is 9.59. The number of halogens is 2. The van der Waals surface area contributed by atoms with Crippen LogP contribution < -0.4 is 10.5 Å². The minimum absolute atomic E-state index is 0.0853. The first kappa shape index (κ1) is 24.2. The van der Waals surface area contributed by atoms with Crippen LogP contribution in [0, 0.1) is 11.6 Å². The number of benzene rings is 3. The van der Waals surface area contributed by atoms with E-state index in [4.69, 9.17) is 5.73 Å². The molecule has 0 amide bonds. The highest BCUT2D eigenvalue weighted by molar-refractivity contribution is 7.89. The molecule has 2 atom stereocenters. The van der Waals surface area contributed by atoms with Gasteiger partial charge in [0.1, 0.15) is 17.7 Å². The maximum atomic E-state index is 13.9. The third kappa shape index (κ3) is 5.86. The molecule has 0 aliphatic heterocycles. The summed E-state index contributed by atoms with van der Waals surface area (Å²) in [6.45, 7) is 0. The maximum absolute atomic E-state index is 13.9. The van der Waals surface area contributed by atoms with Crippen molar-refractivity contribution >= 4 is 21.8 Å². The van der Waals surface area contributed by atoms with Gasteiger partial charge in [0.25, 0.3) is 0 Å². The van der Waals surface area contributed by atoms with E-state index in [0.717, 1.165) is 30.3 Å². The molecule has 3 rings (SSSR count). The van der Waals surface area contributed by atoms with Crippen molar-refractivity contribution in [1.82, 2.24) is 4.72 Å². The Balaban J connectivity index is 1.92. The third-order valence-electron chi connectivity index (χ3n) is 4.90. The summed E-state index contributed by atoms with van der Waals surface area (Å²) >= 11 is 0. The predicted molar refractivity (Wildman–Crippen MR) is 116 cm³/mol. The van der Waals surface area contributed by atoms with Crippen LogP contribution in [0.5, 0.6) is 0 Å². The maximum Gasteiger partial charge on any atom is 0.322 e. The fourth-order valence-corrected chi connectivity index (χ4v) is 4.44. The molecule has 0 unspecified atom stereocenters. The Morgan fingerprint density at radius 3 is 2.24 bits per heavy atom. The van der Waals surface area contributed by atoms with Crippen LogP contribution in [0.2, 0.25) is 0 Å². The van der Waals surface area contributed by atoms with Gasteiger partial charge in [-0.2, -0.15) is 4.72 Å². The molecule has 0 spiro atoms. The van der Waals surface area contributed by atoms with Gasteiger partial charge in [-0.05, 0) is 41.5 Å². The Morgan fingerprint density at radius 1 is 0.939 bits per heavy atom. The summed E-state index contributed by atoms with van der Waals surface area (Å²) in [4.78, 5) is 24.3. The van der Waals surface area contributed by atoms with E-state index < -0.39 is 56.8 Å². The number of hydrogen-bond acceptors (Lipinski definition) is 5. The molecule has 4 N–H and O–H groups in total. The van der Waals surface area contributed by atoms with Crippen molar-refractivity contribution < 1.29 is 31.9 Å². The number of rotatable bonds is 9. The van der Waals surface area contributed by atoms with Crippen LogP contribution in [0.25, 0.3) is 0 Å². The summed E-state index contributed by atoms with van der Waals surface area (Å²) in [5.74, 6) is -3.75. The molecule has 0 aliphatic rings. The number of carbonyl (C=O) groups is 2. The number of carboxylic acid groups (broad SMARTS) is 1. The number of ketones is 1. The quantitative estimate of drug-likeness (QED) is 0.410. The molecule has 0 fully saturated rings. The SMILES string of the molecule is N[C@H](C(=O)c1cc(F)ccc1C[C@H](NS(=O)(=O)c1cccc(F)c1)C(=O)O)c1ccccc1. The molecule has 3 aromatic carbocycles. The fourth-order valence-electron chi connectivity index (χ4n) is 3.22. The second-order valence-corrected chi connectivity index (χ2v) is 8.94. The average Bonchev–Trinajstić information content (AvgIpc) is 2.79. The van der Waals surface area contributed by atoms with Gasteiger partial charge in [0.2, 0.25) is 10.0 Å². The lowest BCUT2D eigenvalue weighted by atomic mass is 9.92. The molecule has 0 aliphatic carbocycles. The Bertz CT molecular complexity index is 1280. The number of hydrogen-bond donors (Lipinski definition) is 3. The van der Waals surface area contributed by atoms with Crippen molar-refractivity contribution in [3.8, 4) is 0 Å². The van der Waals surface area contributed by atoms with E-state index in [9.17, 15) is 31.9 Å². The molecule has 172 valence electrons. The summed E-state index contributed by atoms with van der Waals surface area (Å²) in [7, 11) is -4.40. The van der Waals surface area contributed by atoms with Crippen molar-refractivity contribution in [3.63, 3.8) is 0 Å². The lowest BCUT2D eigenvalue weighted by Crippen LogP contribution is -2.42. The highest BCUT2D eigenvalue weighted by Gasteiger charge is 2.29. The molecule has 10 heteroatoms. The first-order valence-electron chi connectivity index (χ1n) is 9.72. The second kappa shape index (κ2) is 9.99. The zero-order valence-electron chi connectivity index (χ0n) is 17.1. The largest absolute Gasteiger partial charge is 0.480 e. The van der Waals surface area contributed by atoms with Crippen LogP contribution in [-0.4, -0.2) is 31.3 Å². The van der Waals surface area contributed by atoms with Crippen molar-refractivity contribution in [3.05, 3.63) is 101 Å². The Hall–Kier alpha value is -3.47. The molecule has 0 aromatic heterocycles. The molecule has 3 aromatic rings. The van der Waals surface area contributed by atoms with E-state index in [-0.39, 0.29) is 11.1 Å². The summed E-state index contributed by atoms with van der Waals surface area (Å²) in [6.07, 6.45) is -0.479. The number of nitrogens with two attached hydrogens (primary N) is 1. The van der Waals surface area contributed by atoms with E-state index in [0.29, 0.717) is 5.56 Å². The molecule has 7 nitrogen and oxygen atoms in total. The molecule has 0 radical (unpaired) electrons. The third-order valence-corrected chi connectivity index (χ3v) is 6.37. The van der Waals surface area contributed by atoms with Gasteiger partial charge in [0.15, 0.2) is 5.78 Å². The lowest BCUT2D eigenvalue weighted by Gasteiger charge is -2.18. The van der Waals surface area contributed by atoms with Crippen LogP contribution in [0.3, 0.4) is 0 Å². The van der Waals surface area contributed by atoms with E-state index in [1.807, 2.05) is 4.72 Å². The minimum Gasteiger partial charge on any atom is -0.480 e. The first-order valence-corrected chi connectivity index (χ1v) is 11.2. The van der Waals surface area contributed by atoms with E-state index in [1.165, 1.54) is 12.1 Å². The van der Waals surface area contributed by atoms with Crippen molar-refractivity contribution in [2.45, 2.75) is 23.4 Å². The molecule has 33 heavy (non-hydrogen) atoms. The van der Waals surface area contributed by atoms with E-state index in [1.54, 1.807) is 30.3 Å². The van der Waals surface area contributed by atoms with Gasteiger partial charge < -0.3 is 10.8 Å². The van der Waals surface area contributed by atoms with Crippen molar-refractivity contribution in [2.75, 3.05) is 0 Å². The van der Waals surface area contributed by atoms with Crippen LogP contribution in [0.1, 0.15) is 27.5 Å². The van der Waals surface area contributed by atoms with Crippen LogP contribution >= 0.6 is 0 Å². The molecular weight excluding hydrogens is 454 g/mol. The first-order chi connectivity index (χ1) is 15.6. The fraction of sp³-hybridized carbons (Fsp3) is 0.130. The topological polar surface area (TPSA) is 127 Å². The Kier molecular flexibility index (Phi) is 7.32. The smallest absolute Gasteiger partial charge is 0.322 e. The predicted octanol–water partition coefficient (Wildman–Crippen LogP) is 2.82. The number of sulfonamides is 1. The van der Waals surface area contributed by atoms with Crippen LogP contribution in [0.4, 0.5) is 8.78 Å². The van der Waals surface area contributed by atoms with Crippen molar-refractivity contribution in [2.24, 2.45) is 5.73 Å². The highest BCUT2D eigenvalue weighted by atomic mass is 32.2. The van der Waals surface area contributed by atoms with Gasteiger partial charge in [-0.25, -0.2) is 17.2 Å². The number of carboxylic acids is 1. The van der Waals surface area contributed by atoms with E-state index in [2.05, 4.69) is 0 Å². The lowest BCUT2D eigenvalue weighted by molar-refractivity contribution is -0.138. The normalized spacial score (nSPS) is 13.3. The standard InChI is InChI=1S/C23H20F2N2O5S/c24-16-7-4-8-18(12-16)33(31,32)27-20(23(29)30)11-15-9-10-17(25)13-19(15)22(28)21(26)14-5-2-1-3-6-14/h1-10,12-13,20-21,27H,11,26H2,(H,29,30)/t20-,21-/m0/s1. The monoisotopic (exact) mass is 474 g/mol. The minimum atomic E-state index is -4.40. The number of nitrogens with one attached hydrogen (secondary N) is 1. The van der Waals surface area contributed by atoms with Gasteiger partial charge in [-0.3, -0.25) is 9.59 Å². The zero-order valence-corrected chi connectivity index (χ0v) is 17.9. The van der Waals surface area contributed by atoms with Gasteiger partial charge in [-0.1, -0.05) is 42.5 Å². The second-order valence-electron chi connectivity index (χ2n) is 7.23. The molecule has 0 heterocycles. The summed E-state index contributed by atoms with van der Waals surface area (Å²) in [6, 6.07) is 12.7. The highest BCUT2D eigenvalue weighted by Crippen LogP contribution is 2.22. The van der Waals surface area contributed by atoms with E-state index >= 15 is 0 Å². The molecule has 0 bridgehead atoms. The van der Waals surface area contributed by atoms with Gasteiger partial charge in [-0.15, -0.1) is 0 Å². The Labute approximate surface area is 188 Å². The van der Waals surface area contributed by atoms with Gasteiger partial charge in [0, 0.05) is 12.0 Å².